The SMILES string of the molecule is CCCCCCCCCCC/C=C\C/C=C\CCCCCCCCCCC(O)C(=O)NC(CO)C(O)C(O)CCC/C=C/CCCCCCCCCCCC. The highest BCUT2D eigenvalue weighted by molar-refractivity contribution is 5.80. The minimum atomic E-state index is -1.28. The summed E-state index contributed by atoms with van der Waals surface area (Å²) in [6.45, 7) is 4.04. The number of hydrogen-bond donors (Lipinski definition) is 5. The van der Waals surface area contributed by atoms with Crippen LogP contribution < -0.4 is 5.32 Å². The summed E-state index contributed by atoms with van der Waals surface area (Å²) in [5, 5.41) is 43.7. The van der Waals surface area contributed by atoms with Crippen LogP contribution in [0.2, 0.25) is 0 Å². The van der Waals surface area contributed by atoms with Crippen LogP contribution in [0.3, 0.4) is 0 Å². The van der Waals surface area contributed by atoms with Crippen LogP contribution >= 0.6 is 0 Å². The Hall–Kier alpha value is -1.47. The lowest BCUT2D eigenvalue weighted by atomic mass is 10.00. The standard InChI is InChI=1S/C49H93NO5/c1-3-5-7-9-11-13-15-17-19-20-21-22-23-24-25-26-27-29-31-33-35-37-39-41-43-47(53)49(55)50-45(44-51)48(54)46(52)42-40-38-36-34-32-30-28-18-16-14-12-10-8-6-4-2/h21-22,24-25,34,36,45-48,51-54H,3-20,23,26-33,35,37-44H2,1-2H3,(H,50,55)/b22-21-,25-24-,36-34+. The molecule has 0 aromatic rings. The molecule has 55 heavy (non-hydrogen) atoms. The van der Waals surface area contributed by atoms with E-state index in [9.17, 15) is 25.2 Å². The van der Waals surface area contributed by atoms with Gasteiger partial charge in [0, 0.05) is 0 Å². The molecule has 0 aliphatic carbocycles. The Morgan fingerprint density at radius 2 is 0.800 bits per heavy atom. The number of nitrogens with one attached hydrogen (secondary N) is 1. The maximum Gasteiger partial charge on any atom is 0.249 e. The topological polar surface area (TPSA) is 110 Å². The molecule has 0 aliphatic heterocycles. The van der Waals surface area contributed by atoms with Crippen molar-refractivity contribution >= 4 is 5.91 Å². The molecule has 0 saturated heterocycles. The molecule has 5 N–H and O–H groups in total. The summed E-state index contributed by atoms with van der Waals surface area (Å²) in [6, 6.07) is -1.00. The largest absolute Gasteiger partial charge is 0.394 e. The van der Waals surface area contributed by atoms with Crippen LogP contribution in [-0.2, 0) is 4.79 Å². The van der Waals surface area contributed by atoms with E-state index in [4.69, 9.17) is 0 Å². The smallest absolute Gasteiger partial charge is 0.249 e. The van der Waals surface area contributed by atoms with Crippen LogP contribution in [0.25, 0.3) is 0 Å². The third kappa shape index (κ3) is 37.8. The van der Waals surface area contributed by atoms with E-state index < -0.39 is 36.9 Å². The summed E-state index contributed by atoms with van der Waals surface area (Å²) in [7, 11) is 0. The van der Waals surface area contributed by atoms with Crippen LogP contribution in [0.4, 0.5) is 0 Å². The first kappa shape index (κ1) is 53.5. The second-order valence-electron chi connectivity index (χ2n) is 16.4. The zero-order valence-corrected chi connectivity index (χ0v) is 36.4. The predicted octanol–water partition coefficient (Wildman–Crippen LogP) is 12.9. The van der Waals surface area contributed by atoms with Gasteiger partial charge in [-0.25, -0.2) is 0 Å². The van der Waals surface area contributed by atoms with E-state index in [2.05, 4.69) is 55.6 Å². The van der Waals surface area contributed by atoms with Gasteiger partial charge in [-0.2, -0.15) is 0 Å². The van der Waals surface area contributed by atoms with E-state index in [0.29, 0.717) is 12.8 Å². The van der Waals surface area contributed by atoms with Crippen molar-refractivity contribution in [3.05, 3.63) is 36.5 Å². The highest BCUT2D eigenvalue weighted by atomic mass is 16.3. The van der Waals surface area contributed by atoms with Gasteiger partial charge < -0.3 is 25.7 Å². The van der Waals surface area contributed by atoms with Gasteiger partial charge in [-0.05, 0) is 70.6 Å². The summed E-state index contributed by atoms with van der Waals surface area (Å²) in [5.41, 5.74) is 0. The number of allylic oxidation sites excluding steroid dienone is 6. The first-order valence-electron chi connectivity index (χ1n) is 23.9. The number of carbonyl (C=O) groups is 1. The molecule has 0 fully saturated rings. The summed E-state index contributed by atoms with van der Waals surface area (Å²) in [4.78, 5) is 12.5. The number of amides is 1. The Morgan fingerprint density at radius 3 is 1.20 bits per heavy atom. The van der Waals surface area contributed by atoms with Gasteiger partial charge in [0.2, 0.25) is 5.91 Å². The average molecular weight is 776 g/mol. The molecule has 4 atom stereocenters. The van der Waals surface area contributed by atoms with Gasteiger partial charge in [0.25, 0.3) is 0 Å². The Labute approximate surface area is 341 Å². The van der Waals surface area contributed by atoms with E-state index in [0.717, 1.165) is 51.4 Å². The van der Waals surface area contributed by atoms with Crippen molar-refractivity contribution < 1.29 is 25.2 Å². The molecule has 6 nitrogen and oxygen atoms in total. The van der Waals surface area contributed by atoms with Gasteiger partial charge in [-0.1, -0.05) is 204 Å². The maximum atomic E-state index is 12.5. The summed E-state index contributed by atoms with van der Waals surface area (Å²) >= 11 is 0. The lowest BCUT2D eigenvalue weighted by Gasteiger charge is -2.27. The number of rotatable bonds is 43. The molecule has 0 bridgehead atoms. The van der Waals surface area contributed by atoms with E-state index >= 15 is 0 Å². The molecule has 1 amide bonds. The molecule has 0 rings (SSSR count). The lowest BCUT2D eigenvalue weighted by molar-refractivity contribution is -0.132. The van der Waals surface area contributed by atoms with Crippen molar-refractivity contribution in [3.8, 4) is 0 Å². The normalized spacial score (nSPS) is 14.4. The molecule has 0 heterocycles. The highest BCUT2D eigenvalue weighted by Crippen LogP contribution is 2.15. The fourth-order valence-electron chi connectivity index (χ4n) is 7.26. The molecule has 0 aromatic heterocycles. The summed E-state index contributed by atoms with van der Waals surface area (Å²) < 4.78 is 0. The summed E-state index contributed by atoms with van der Waals surface area (Å²) in [6.07, 6.45) is 51.8. The molecule has 324 valence electrons. The highest BCUT2D eigenvalue weighted by Gasteiger charge is 2.28. The van der Waals surface area contributed by atoms with Gasteiger partial charge >= 0.3 is 0 Å². The zero-order valence-electron chi connectivity index (χ0n) is 36.4. The van der Waals surface area contributed by atoms with Gasteiger partial charge in [-0.15, -0.1) is 0 Å². The van der Waals surface area contributed by atoms with Crippen LogP contribution in [-0.4, -0.2) is 57.3 Å². The molecule has 0 aromatic carbocycles. The van der Waals surface area contributed by atoms with Crippen molar-refractivity contribution in [1.82, 2.24) is 5.32 Å². The third-order valence-electron chi connectivity index (χ3n) is 11.1. The number of aliphatic hydroxyl groups excluding tert-OH is 4. The van der Waals surface area contributed by atoms with Crippen molar-refractivity contribution in [3.63, 3.8) is 0 Å². The molecular weight excluding hydrogens is 683 g/mol. The van der Waals surface area contributed by atoms with Gasteiger partial charge in [0.05, 0.1) is 18.8 Å². The van der Waals surface area contributed by atoms with Gasteiger partial charge in [-0.3, -0.25) is 4.79 Å². The molecule has 0 radical (unpaired) electrons. The second kappa shape index (κ2) is 43.6. The van der Waals surface area contributed by atoms with E-state index in [-0.39, 0.29) is 0 Å². The number of aliphatic hydroxyl groups is 4. The molecule has 4 unspecified atom stereocenters. The second-order valence-corrected chi connectivity index (χ2v) is 16.4. The number of carbonyl (C=O) groups excluding carboxylic acids is 1. The molecule has 0 aliphatic rings. The third-order valence-corrected chi connectivity index (χ3v) is 11.1. The predicted molar refractivity (Wildman–Crippen MR) is 237 cm³/mol. The quantitative estimate of drug-likeness (QED) is 0.0313. The fraction of sp³-hybridized carbons (Fsp3) is 0.857. The molecule has 6 heteroatoms. The van der Waals surface area contributed by atoms with Gasteiger partial charge in [0.1, 0.15) is 12.2 Å². The van der Waals surface area contributed by atoms with Crippen LogP contribution in [0.5, 0.6) is 0 Å². The Kier molecular flexibility index (Phi) is 42.5. The zero-order chi connectivity index (χ0) is 40.3. The van der Waals surface area contributed by atoms with Crippen molar-refractivity contribution in [1.29, 1.82) is 0 Å². The van der Waals surface area contributed by atoms with Crippen molar-refractivity contribution in [2.24, 2.45) is 0 Å². The minimum absolute atomic E-state index is 0.356. The van der Waals surface area contributed by atoms with Crippen molar-refractivity contribution in [2.75, 3.05) is 6.61 Å². The first-order chi connectivity index (χ1) is 27.0. The first-order valence-corrected chi connectivity index (χ1v) is 23.9. The molecule has 0 saturated carbocycles. The maximum absolute atomic E-state index is 12.5. The number of hydrogen-bond acceptors (Lipinski definition) is 5. The van der Waals surface area contributed by atoms with E-state index in [1.807, 2.05) is 0 Å². The monoisotopic (exact) mass is 776 g/mol. The van der Waals surface area contributed by atoms with Crippen LogP contribution in [0.1, 0.15) is 239 Å². The van der Waals surface area contributed by atoms with Crippen molar-refractivity contribution in [2.45, 2.75) is 263 Å². The van der Waals surface area contributed by atoms with Gasteiger partial charge in [0.15, 0.2) is 0 Å². The fourth-order valence-corrected chi connectivity index (χ4v) is 7.26. The number of unbranched alkanes of at least 4 members (excludes halogenated alkanes) is 28. The van der Waals surface area contributed by atoms with E-state index in [1.54, 1.807) is 0 Å². The molecule has 0 spiro atoms. The van der Waals surface area contributed by atoms with E-state index in [1.165, 1.54) is 161 Å². The van der Waals surface area contributed by atoms with Crippen LogP contribution in [0.15, 0.2) is 36.5 Å². The Morgan fingerprint density at radius 1 is 0.455 bits per heavy atom. The Balaban J connectivity index is 3.74. The Bertz CT molecular complexity index is 873. The minimum Gasteiger partial charge on any atom is -0.394 e. The lowest BCUT2D eigenvalue weighted by Crippen LogP contribution is -2.53. The molecular formula is C49H93NO5. The average Bonchev–Trinajstić information content (AvgIpc) is 3.19. The summed E-state index contributed by atoms with van der Waals surface area (Å²) in [5.74, 6) is -0.598. The van der Waals surface area contributed by atoms with Crippen LogP contribution in [0, 0.1) is 0 Å².